The van der Waals surface area contributed by atoms with E-state index < -0.39 is 16.5 Å². The molecule has 3 rings (SSSR count). The molecule has 0 bridgehead atoms. The number of amides is 1. The molecule has 0 fully saturated rings. The number of nitro groups is 1. The Morgan fingerprint density at radius 2 is 1.79 bits per heavy atom. The molecule has 13 heteroatoms. The summed E-state index contributed by atoms with van der Waals surface area (Å²) in [6, 6.07) is 11.7. The van der Waals surface area contributed by atoms with Gasteiger partial charge in [0.05, 0.1) is 29.9 Å². The summed E-state index contributed by atoms with van der Waals surface area (Å²) < 4.78 is 15.8. The van der Waals surface area contributed by atoms with Gasteiger partial charge in [0.1, 0.15) is 23.6 Å². The fraction of sp³-hybridized carbons (Fsp3) is 0.150. The number of ether oxygens (including phenoxy) is 3. The van der Waals surface area contributed by atoms with Crippen LogP contribution in [0.1, 0.15) is 0 Å². The number of rotatable bonds is 10. The van der Waals surface area contributed by atoms with Gasteiger partial charge in [-0.3, -0.25) is 25.8 Å². The number of methoxy groups -OCH3 is 2. The van der Waals surface area contributed by atoms with Crippen LogP contribution in [0.15, 0.2) is 48.8 Å². The number of nitrogens with zero attached hydrogens (tertiary/aromatic N) is 3. The van der Waals surface area contributed by atoms with Gasteiger partial charge in [-0.1, -0.05) is 29.8 Å². The van der Waals surface area contributed by atoms with Gasteiger partial charge >= 0.3 is 5.69 Å². The van der Waals surface area contributed by atoms with E-state index in [1.54, 1.807) is 24.3 Å². The minimum atomic E-state index is -0.700. The zero-order chi connectivity index (χ0) is 23.8. The van der Waals surface area contributed by atoms with Crippen molar-refractivity contribution in [2.45, 2.75) is 0 Å². The molecule has 0 aliphatic rings. The molecule has 2 aromatic carbocycles. The molecule has 1 heterocycles. The predicted octanol–water partition coefficient (Wildman–Crippen LogP) is 3.32. The molecule has 0 unspecified atom stereocenters. The van der Waals surface area contributed by atoms with Crippen molar-refractivity contribution in [1.82, 2.24) is 15.4 Å². The van der Waals surface area contributed by atoms with Crippen LogP contribution in [0.25, 0.3) is 0 Å². The second kappa shape index (κ2) is 10.8. The molecule has 0 spiro atoms. The highest BCUT2D eigenvalue weighted by molar-refractivity contribution is 6.32. The minimum absolute atomic E-state index is 0.160. The maximum atomic E-state index is 12.1. The van der Waals surface area contributed by atoms with Crippen molar-refractivity contribution < 1.29 is 23.9 Å². The summed E-state index contributed by atoms with van der Waals surface area (Å²) in [5.74, 6) is 0.184. The third-order valence-corrected chi connectivity index (χ3v) is 4.46. The van der Waals surface area contributed by atoms with E-state index >= 15 is 0 Å². The SMILES string of the molecule is COc1cc(OC)c(Nc2ncnc(NNC(=O)COc3ccccc3)c2[N+](=O)[O-])cc1Cl. The summed E-state index contributed by atoms with van der Waals surface area (Å²) in [4.78, 5) is 30.9. The number of carbonyl (C=O) groups excluding carboxylic acids is 1. The molecule has 3 N–H and O–H groups in total. The van der Waals surface area contributed by atoms with Gasteiger partial charge in [-0.2, -0.15) is 0 Å². The van der Waals surface area contributed by atoms with Crippen molar-refractivity contribution in [2.75, 3.05) is 31.6 Å². The van der Waals surface area contributed by atoms with Crippen LogP contribution in [-0.2, 0) is 4.79 Å². The number of aromatic nitrogens is 2. The van der Waals surface area contributed by atoms with Gasteiger partial charge in [0.2, 0.25) is 11.6 Å². The second-order valence-electron chi connectivity index (χ2n) is 6.26. The van der Waals surface area contributed by atoms with Crippen LogP contribution in [0, 0.1) is 10.1 Å². The summed E-state index contributed by atoms with van der Waals surface area (Å²) >= 11 is 6.16. The van der Waals surface area contributed by atoms with Gasteiger partial charge in [-0.15, -0.1) is 0 Å². The summed E-state index contributed by atoms with van der Waals surface area (Å²) in [6.45, 7) is -0.317. The molecule has 172 valence electrons. The molecule has 12 nitrogen and oxygen atoms in total. The molecule has 3 aromatic rings. The van der Waals surface area contributed by atoms with Crippen LogP contribution in [0.2, 0.25) is 5.02 Å². The topological polar surface area (TPSA) is 150 Å². The summed E-state index contributed by atoms with van der Waals surface area (Å²) in [5.41, 5.74) is 4.51. The predicted molar refractivity (Wildman–Crippen MR) is 120 cm³/mol. The third-order valence-electron chi connectivity index (χ3n) is 4.17. The number of halogens is 1. The van der Waals surface area contributed by atoms with Crippen LogP contribution < -0.4 is 30.4 Å². The van der Waals surface area contributed by atoms with Crippen LogP contribution >= 0.6 is 11.6 Å². The molecule has 0 radical (unpaired) electrons. The maximum absolute atomic E-state index is 12.1. The maximum Gasteiger partial charge on any atom is 0.355 e. The highest BCUT2D eigenvalue weighted by Gasteiger charge is 2.25. The second-order valence-corrected chi connectivity index (χ2v) is 6.67. The number of nitrogens with one attached hydrogen (secondary N) is 3. The number of benzene rings is 2. The lowest BCUT2D eigenvalue weighted by atomic mass is 10.2. The first kappa shape index (κ1) is 23.3. The fourth-order valence-corrected chi connectivity index (χ4v) is 2.89. The van der Waals surface area contributed by atoms with Crippen molar-refractivity contribution in [3.63, 3.8) is 0 Å². The molecular weight excluding hydrogens is 456 g/mol. The van der Waals surface area contributed by atoms with Gasteiger partial charge in [-0.25, -0.2) is 9.97 Å². The summed E-state index contributed by atoms with van der Waals surface area (Å²) in [5, 5.41) is 14.8. The highest BCUT2D eigenvalue weighted by atomic mass is 35.5. The van der Waals surface area contributed by atoms with E-state index in [2.05, 4.69) is 26.1 Å². The summed E-state index contributed by atoms with van der Waals surface area (Å²) in [6.07, 6.45) is 1.09. The smallest absolute Gasteiger partial charge is 0.355 e. The number of anilines is 3. The first-order chi connectivity index (χ1) is 15.9. The van der Waals surface area contributed by atoms with Crippen LogP contribution in [-0.4, -0.2) is 41.6 Å². The molecule has 0 saturated heterocycles. The Morgan fingerprint density at radius 3 is 2.45 bits per heavy atom. The van der Waals surface area contributed by atoms with Crippen LogP contribution in [0.4, 0.5) is 23.0 Å². The monoisotopic (exact) mass is 474 g/mol. The van der Waals surface area contributed by atoms with E-state index in [-0.39, 0.29) is 23.3 Å². The molecule has 0 saturated carbocycles. The lowest BCUT2D eigenvalue weighted by molar-refractivity contribution is -0.383. The van der Waals surface area contributed by atoms with E-state index in [4.69, 9.17) is 25.8 Å². The van der Waals surface area contributed by atoms with E-state index in [1.165, 1.54) is 26.4 Å². The Morgan fingerprint density at radius 1 is 1.09 bits per heavy atom. The Hall–Kier alpha value is -4.32. The zero-order valence-corrected chi connectivity index (χ0v) is 18.3. The molecule has 1 amide bonds. The van der Waals surface area contributed by atoms with Gasteiger partial charge in [0, 0.05) is 6.07 Å². The van der Waals surface area contributed by atoms with Crippen molar-refractivity contribution in [3.8, 4) is 17.2 Å². The first-order valence-corrected chi connectivity index (χ1v) is 9.71. The van der Waals surface area contributed by atoms with Crippen molar-refractivity contribution in [1.29, 1.82) is 0 Å². The van der Waals surface area contributed by atoms with E-state index in [0.717, 1.165) is 6.33 Å². The van der Waals surface area contributed by atoms with Crippen molar-refractivity contribution in [3.05, 3.63) is 63.9 Å². The molecule has 0 atom stereocenters. The lowest BCUT2D eigenvalue weighted by Gasteiger charge is -2.14. The third kappa shape index (κ3) is 5.89. The number of para-hydroxylation sites is 1. The Kier molecular flexibility index (Phi) is 7.65. The Balaban J connectivity index is 1.77. The largest absolute Gasteiger partial charge is 0.495 e. The summed E-state index contributed by atoms with van der Waals surface area (Å²) in [7, 11) is 2.86. The van der Waals surface area contributed by atoms with Gasteiger partial charge in [0.15, 0.2) is 6.61 Å². The van der Waals surface area contributed by atoms with E-state index in [9.17, 15) is 14.9 Å². The minimum Gasteiger partial charge on any atom is -0.495 e. The Labute approximate surface area is 193 Å². The quantitative estimate of drug-likeness (QED) is 0.295. The average Bonchev–Trinajstić information content (AvgIpc) is 2.82. The molecule has 0 aliphatic heterocycles. The van der Waals surface area contributed by atoms with Gasteiger partial charge in [0.25, 0.3) is 5.91 Å². The number of hydrazine groups is 1. The lowest BCUT2D eigenvalue weighted by Crippen LogP contribution is -2.34. The molecule has 33 heavy (non-hydrogen) atoms. The van der Waals surface area contributed by atoms with E-state index in [0.29, 0.717) is 22.9 Å². The number of carbonyl (C=O) groups is 1. The highest BCUT2D eigenvalue weighted by Crippen LogP contribution is 2.39. The number of hydrogen-bond donors (Lipinski definition) is 3. The average molecular weight is 475 g/mol. The van der Waals surface area contributed by atoms with Crippen molar-refractivity contribution >= 4 is 40.5 Å². The molecule has 1 aromatic heterocycles. The molecule has 0 aliphatic carbocycles. The number of hydrogen-bond acceptors (Lipinski definition) is 10. The normalized spacial score (nSPS) is 10.2. The van der Waals surface area contributed by atoms with Crippen LogP contribution in [0.5, 0.6) is 17.2 Å². The van der Waals surface area contributed by atoms with Gasteiger partial charge in [-0.05, 0) is 18.2 Å². The van der Waals surface area contributed by atoms with Crippen LogP contribution in [0.3, 0.4) is 0 Å². The standard InChI is InChI=1S/C20H19ClN6O6/c1-31-15-9-16(32-2)14(8-13(15)21)24-19-18(27(29)30)20(23-11-22-19)26-25-17(28)10-33-12-6-4-3-5-7-12/h3-9,11H,10H2,1-2H3,(H,25,28)(H2,22,23,24,26). The fourth-order valence-electron chi connectivity index (χ4n) is 2.65. The van der Waals surface area contributed by atoms with E-state index in [1.807, 2.05) is 6.07 Å². The Bertz CT molecular complexity index is 1150. The van der Waals surface area contributed by atoms with Crippen molar-refractivity contribution in [2.24, 2.45) is 0 Å². The molecular formula is C20H19ClN6O6. The zero-order valence-electron chi connectivity index (χ0n) is 17.5. The first-order valence-electron chi connectivity index (χ1n) is 9.33. The van der Waals surface area contributed by atoms with Gasteiger partial charge < -0.3 is 19.5 Å².